The lowest BCUT2D eigenvalue weighted by molar-refractivity contribution is 0.918. The summed E-state index contributed by atoms with van der Waals surface area (Å²) in [5.74, 6) is 0. The molecule has 0 amide bonds. The summed E-state index contributed by atoms with van der Waals surface area (Å²) in [5.41, 5.74) is 0. The Labute approximate surface area is 58.3 Å². The first-order chi connectivity index (χ1) is 3.41. The first kappa shape index (κ1) is 7.27. The van der Waals surface area contributed by atoms with Crippen molar-refractivity contribution in [2.75, 3.05) is 11.0 Å². The van der Waals surface area contributed by atoms with Crippen LogP contribution in [0, 0.1) is 0 Å². The average Bonchev–Trinajstić information content (AvgIpc) is 1.69. The molecule has 7 heavy (non-hydrogen) atoms. The maximum Gasteiger partial charge on any atom is 0.0192 e. The highest BCUT2D eigenvalue weighted by molar-refractivity contribution is 14.1. The van der Waals surface area contributed by atoms with E-state index in [2.05, 4.69) is 40.9 Å². The van der Waals surface area contributed by atoms with Crippen molar-refractivity contribution < 1.29 is 0 Å². The molecule has 0 saturated heterocycles. The Morgan fingerprint density at radius 3 is 2.86 bits per heavy atom. The number of rotatable bonds is 3. The lowest BCUT2D eigenvalue weighted by Crippen LogP contribution is -2.01. The minimum Gasteiger partial charge on any atom is -0.391 e. The zero-order chi connectivity index (χ0) is 5.54. The first-order valence-electron chi connectivity index (χ1n) is 2.36. The molecule has 0 bridgehead atoms. The molecule has 0 aromatic heterocycles. The molecule has 0 unspecified atom stereocenters. The van der Waals surface area contributed by atoms with Crippen LogP contribution < -0.4 is 5.32 Å². The van der Waals surface area contributed by atoms with E-state index in [-0.39, 0.29) is 0 Å². The Morgan fingerprint density at radius 2 is 2.43 bits per heavy atom. The molecule has 42 valence electrons. The molecule has 0 aliphatic carbocycles. The molecule has 0 fully saturated rings. The number of allylic oxidation sites excluding steroid dienone is 1. The van der Waals surface area contributed by atoms with E-state index in [1.807, 2.05) is 6.20 Å². The Hall–Kier alpha value is 0.270. The van der Waals surface area contributed by atoms with Gasteiger partial charge in [0.1, 0.15) is 0 Å². The summed E-state index contributed by atoms with van der Waals surface area (Å²) in [5, 5.41) is 3.06. The summed E-state index contributed by atoms with van der Waals surface area (Å²) in [6.45, 7) is 3.10. The SMILES string of the molecule is CCN/C=C\CI. The Morgan fingerprint density at radius 1 is 1.71 bits per heavy atom. The molecule has 1 N–H and O–H groups in total. The Balaban J connectivity index is 2.78. The van der Waals surface area contributed by atoms with Crippen LogP contribution in [0.2, 0.25) is 0 Å². The van der Waals surface area contributed by atoms with Crippen LogP contribution in [0.15, 0.2) is 12.3 Å². The van der Waals surface area contributed by atoms with Crippen molar-refractivity contribution in [3.8, 4) is 0 Å². The summed E-state index contributed by atoms with van der Waals surface area (Å²) < 4.78 is 1.09. The van der Waals surface area contributed by atoms with Crippen molar-refractivity contribution >= 4 is 22.6 Å². The number of hydrogen-bond acceptors (Lipinski definition) is 1. The highest BCUT2D eigenvalue weighted by Crippen LogP contribution is 1.78. The van der Waals surface area contributed by atoms with Crippen LogP contribution in [0.3, 0.4) is 0 Å². The topological polar surface area (TPSA) is 12.0 Å². The van der Waals surface area contributed by atoms with Gasteiger partial charge < -0.3 is 5.32 Å². The highest BCUT2D eigenvalue weighted by Gasteiger charge is 1.64. The number of hydrogen-bond donors (Lipinski definition) is 1. The zero-order valence-corrected chi connectivity index (χ0v) is 6.60. The van der Waals surface area contributed by atoms with Crippen LogP contribution in [0.5, 0.6) is 0 Å². The maximum atomic E-state index is 3.06. The van der Waals surface area contributed by atoms with Gasteiger partial charge in [-0.05, 0) is 13.1 Å². The van der Waals surface area contributed by atoms with Gasteiger partial charge in [0.2, 0.25) is 0 Å². The summed E-state index contributed by atoms with van der Waals surface area (Å²) in [6.07, 6.45) is 4.07. The monoisotopic (exact) mass is 211 g/mol. The molecule has 0 heterocycles. The summed E-state index contributed by atoms with van der Waals surface area (Å²) in [4.78, 5) is 0. The molecule has 0 radical (unpaired) electrons. The fourth-order valence-corrected chi connectivity index (χ4v) is 0.500. The molecular weight excluding hydrogens is 201 g/mol. The molecule has 0 aliphatic rings. The van der Waals surface area contributed by atoms with Gasteiger partial charge in [-0.3, -0.25) is 0 Å². The molecule has 0 spiro atoms. The predicted octanol–water partition coefficient (Wildman–Crippen LogP) is 1.54. The van der Waals surface area contributed by atoms with E-state index in [4.69, 9.17) is 0 Å². The molecule has 0 aromatic carbocycles. The van der Waals surface area contributed by atoms with Crippen molar-refractivity contribution in [3.05, 3.63) is 12.3 Å². The second-order valence-electron chi connectivity index (χ2n) is 1.11. The van der Waals surface area contributed by atoms with E-state index in [0.29, 0.717) is 0 Å². The van der Waals surface area contributed by atoms with Gasteiger partial charge in [-0.15, -0.1) is 0 Å². The number of nitrogens with one attached hydrogen (secondary N) is 1. The van der Waals surface area contributed by atoms with Crippen molar-refractivity contribution in [2.24, 2.45) is 0 Å². The van der Waals surface area contributed by atoms with Crippen molar-refractivity contribution in [2.45, 2.75) is 6.92 Å². The van der Waals surface area contributed by atoms with Crippen LogP contribution in [0.4, 0.5) is 0 Å². The van der Waals surface area contributed by atoms with E-state index in [9.17, 15) is 0 Å². The van der Waals surface area contributed by atoms with Gasteiger partial charge >= 0.3 is 0 Å². The van der Waals surface area contributed by atoms with E-state index in [1.165, 1.54) is 0 Å². The zero-order valence-electron chi connectivity index (χ0n) is 4.45. The van der Waals surface area contributed by atoms with E-state index < -0.39 is 0 Å². The lowest BCUT2D eigenvalue weighted by Gasteiger charge is -1.87. The summed E-state index contributed by atoms with van der Waals surface area (Å²) >= 11 is 2.30. The van der Waals surface area contributed by atoms with E-state index >= 15 is 0 Å². The van der Waals surface area contributed by atoms with Gasteiger partial charge in [0, 0.05) is 11.0 Å². The largest absolute Gasteiger partial charge is 0.391 e. The molecule has 1 nitrogen and oxygen atoms in total. The molecular formula is C5H10IN. The highest BCUT2D eigenvalue weighted by atomic mass is 127. The van der Waals surface area contributed by atoms with E-state index in [1.54, 1.807) is 0 Å². The first-order valence-corrected chi connectivity index (χ1v) is 3.88. The molecule has 0 aromatic rings. The molecule has 0 rings (SSSR count). The summed E-state index contributed by atoms with van der Waals surface area (Å²) in [6, 6.07) is 0. The van der Waals surface area contributed by atoms with Crippen molar-refractivity contribution in [1.82, 2.24) is 5.32 Å². The summed E-state index contributed by atoms with van der Waals surface area (Å²) in [7, 11) is 0. The molecule has 2 heteroatoms. The fourth-order valence-electron chi connectivity index (χ4n) is 0.246. The third kappa shape index (κ3) is 6.27. The second-order valence-corrected chi connectivity index (χ2v) is 2.00. The van der Waals surface area contributed by atoms with Gasteiger partial charge in [0.15, 0.2) is 0 Å². The van der Waals surface area contributed by atoms with Crippen LogP contribution in [-0.2, 0) is 0 Å². The minimum atomic E-state index is 1.02. The van der Waals surface area contributed by atoms with Crippen LogP contribution in [-0.4, -0.2) is 11.0 Å². The maximum absolute atomic E-state index is 3.06. The van der Waals surface area contributed by atoms with Gasteiger partial charge in [-0.2, -0.15) is 0 Å². The molecule has 0 aliphatic heterocycles. The fraction of sp³-hybridized carbons (Fsp3) is 0.600. The third-order valence-corrected chi connectivity index (χ3v) is 1.04. The average molecular weight is 211 g/mol. The van der Waals surface area contributed by atoms with Gasteiger partial charge in [0.05, 0.1) is 0 Å². The Kier molecular flexibility index (Phi) is 6.51. The van der Waals surface area contributed by atoms with Crippen LogP contribution in [0.25, 0.3) is 0 Å². The second kappa shape index (κ2) is 6.27. The van der Waals surface area contributed by atoms with Gasteiger partial charge in [-0.25, -0.2) is 0 Å². The van der Waals surface area contributed by atoms with Crippen LogP contribution in [0.1, 0.15) is 6.92 Å². The standard InChI is InChI=1S/C5H10IN/c1-2-7-5-3-4-6/h3,5,7H,2,4H2,1H3/b5-3-. The smallest absolute Gasteiger partial charge is 0.0192 e. The quantitative estimate of drug-likeness (QED) is 0.551. The van der Waals surface area contributed by atoms with E-state index in [0.717, 1.165) is 11.0 Å². The molecule has 0 atom stereocenters. The van der Waals surface area contributed by atoms with Crippen LogP contribution >= 0.6 is 22.6 Å². The normalized spacial score (nSPS) is 10.0. The third-order valence-electron chi connectivity index (χ3n) is 0.529. The van der Waals surface area contributed by atoms with Gasteiger partial charge in [-0.1, -0.05) is 28.7 Å². The number of alkyl halides is 1. The van der Waals surface area contributed by atoms with Crippen molar-refractivity contribution in [3.63, 3.8) is 0 Å². The Bertz CT molecular complexity index is 52.0. The lowest BCUT2D eigenvalue weighted by atomic mass is 10.6. The minimum absolute atomic E-state index is 1.02. The number of halogens is 1. The predicted molar refractivity (Wildman–Crippen MR) is 41.7 cm³/mol. The molecule has 0 saturated carbocycles. The van der Waals surface area contributed by atoms with Crippen molar-refractivity contribution in [1.29, 1.82) is 0 Å². The van der Waals surface area contributed by atoms with Gasteiger partial charge in [0.25, 0.3) is 0 Å².